The van der Waals surface area contributed by atoms with Crippen molar-refractivity contribution in [3.63, 3.8) is 0 Å². The zero-order valence-corrected chi connectivity index (χ0v) is 7.23. The summed E-state index contributed by atoms with van der Waals surface area (Å²) in [5.74, 6) is 0. The molecule has 1 rings (SSSR count). The zero-order chi connectivity index (χ0) is 6.69. The van der Waals surface area contributed by atoms with Gasteiger partial charge in [-0.25, -0.2) is 0 Å². The molecule has 0 atom stereocenters. The average molecular weight is 172 g/mol. The second-order valence-corrected chi connectivity index (χ2v) is 3.50. The van der Waals surface area contributed by atoms with Gasteiger partial charge in [0.05, 0.1) is 0 Å². The third-order valence-electron chi connectivity index (χ3n) is 1.06. The van der Waals surface area contributed by atoms with E-state index in [0.717, 1.165) is 18.6 Å². The Hall–Kier alpha value is 0.0900. The minimum absolute atomic E-state index is 0.894. The fourth-order valence-corrected chi connectivity index (χ4v) is 1.45. The van der Waals surface area contributed by atoms with Gasteiger partial charge in [0.2, 0.25) is 0 Å². The molecule has 0 spiro atoms. The molecule has 0 amide bonds. The van der Waals surface area contributed by atoms with Crippen LogP contribution in [0, 0.1) is 0 Å². The van der Waals surface area contributed by atoms with Crippen molar-refractivity contribution in [3.05, 3.63) is 23.5 Å². The normalized spacial score (nSPS) is 18.2. The first kappa shape index (κ1) is 7.20. The van der Waals surface area contributed by atoms with E-state index in [-0.39, 0.29) is 0 Å². The van der Waals surface area contributed by atoms with Gasteiger partial charge < -0.3 is 0 Å². The van der Waals surface area contributed by atoms with E-state index in [2.05, 4.69) is 6.08 Å². The number of hydrogen-bond acceptors (Lipinski definition) is 2. The van der Waals surface area contributed by atoms with Crippen molar-refractivity contribution in [1.29, 1.82) is 0 Å². The fourth-order valence-electron chi connectivity index (χ4n) is 0.587. The van der Waals surface area contributed by atoms with Crippen molar-refractivity contribution in [3.8, 4) is 0 Å². The lowest BCUT2D eigenvalue weighted by molar-refractivity contribution is 1.49. The average Bonchev–Trinajstić information content (AvgIpc) is 1.90. The van der Waals surface area contributed by atoms with Gasteiger partial charge in [-0.05, 0) is 12.2 Å². The van der Waals surface area contributed by atoms with Gasteiger partial charge in [0.1, 0.15) is 0 Å². The van der Waals surface area contributed by atoms with Crippen LogP contribution in [0.5, 0.6) is 0 Å². The molecule has 46 valence electrons. The Morgan fingerprint density at radius 2 is 2.22 bits per heavy atom. The Kier molecular flexibility index (Phi) is 2.65. The minimum Gasteiger partial charge on any atom is -0.0846 e. The molecule has 9 heavy (non-hydrogen) atoms. The molecule has 0 N–H and O–H groups in total. The molecule has 0 bridgehead atoms. The van der Waals surface area contributed by atoms with Gasteiger partial charge in [-0.15, -0.1) is 0 Å². The molecule has 0 unspecified atom stereocenters. The highest BCUT2D eigenvalue weighted by atomic mass is 32.4. The van der Waals surface area contributed by atoms with Gasteiger partial charge in [-0.2, -0.15) is 0 Å². The molecule has 0 aromatic carbocycles. The van der Waals surface area contributed by atoms with Crippen LogP contribution < -0.4 is 0 Å². The molecule has 0 saturated carbocycles. The first-order valence-electron chi connectivity index (χ1n) is 2.57. The molecule has 1 aliphatic carbocycles. The summed E-state index contributed by atoms with van der Waals surface area (Å²) in [6.07, 6.45) is 6.91. The summed E-state index contributed by atoms with van der Waals surface area (Å²) in [5.41, 5.74) is 0. The molecule has 3 heteroatoms. The lowest BCUT2D eigenvalue weighted by Gasteiger charge is -1.98. The summed E-state index contributed by atoms with van der Waals surface area (Å²) < 4.78 is 0. The third-order valence-corrected chi connectivity index (χ3v) is 2.54. The van der Waals surface area contributed by atoms with E-state index < -0.39 is 0 Å². The summed E-state index contributed by atoms with van der Waals surface area (Å²) in [6.45, 7) is 0. The van der Waals surface area contributed by atoms with Gasteiger partial charge in [0, 0.05) is 24.0 Å². The number of rotatable bonds is 1. The van der Waals surface area contributed by atoms with Crippen LogP contribution >= 0.6 is 19.6 Å². The molecule has 0 aromatic rings. The molecule has 1 aliphatic rings. The van der Waals surface area contributed by atoms with E-state index in [4.69, 9.17) is 24.0 Å². The Morgan fingerprint density at radius 3 is 2.67 bits per heavy atom. The molecule has 0 nitrogen and oxygen atoms in total. The van der Waals surface area contributed by atoms with Crippen molar-refractivity contribution in [2.24, 2.45) is 0 Å². The fraction of sp³-hybridized carbons (Fsp3) is 0.167. The van der Waals surface area contributed by atoms with Gasteiger partial charge in [0.15, 0.2) is 0 Å². The SMILES string of the molecule is S=PC1=CCC(=S)C=C1. The summed E-state index contributed by atoms with van der Waals surface area (Å²) >= 11 is 9.76. The molecular weight excluding hydrogens is 167 g/mol. The Labute approximate surface area is 66.5 Å². The van der Waals surface area contributed by atoms with Crippen LogP contribution in [-0.2, 0) is 11.8 Å². The largest absolute Gasteiger partial charge is 0.0846 e. The predicted molar refractivity (Wildman–Crippen MR) is 48.7 cm³/mol. The molecule has 0 saturated heterocycles. The first-order chi connectivity index (χ1) is 4.33. The highest BCUT2D eigenvalue weighted by Crippen LogP contribution is 2.18. The van der Waals surface area contributed by atoms with Crippen LogP contribution in [0.2, 0.25) is 0 Å². The second-order valence-electron chi connectivity index (χ2n) is 1.72. The van der Waals surface area contributed by atoms with Crippen LogP contribution in [-0.4, -0.2) is 4.86 Å². The number of allylic oxidation sites excluding steroid dienone is 4. The predicted octanol–water partition coefficient (Wildman–Crippen LogP) is 2.61. The third kappa shape index (κ3) is 2.05. The van der Waals surface area contributed by atoms with Crippen molar-refractivity contribution >= 4 is 36.2 Å². The summed E-state index contributed by atoms with van der Waals surface area (Å²) in [4.78, 5) is 0.998. The molecule has 0 fully saturated rings. The number of thiocarbonyl (C=S) groups is 1. The monoisotopic (exact) mass is 172 g/mol. The van der Waals surface area contributed by atoms with Crippen LogP contribution in [0.15, 0.2) is 23.5 Å². The standard InChI is InChI=1S/C6H5PS2/c8-6-3-1-5(7-9)2-4-6/h1-3H,4H2. The molecule has 0 aliphatic heterocycles. The summed E-state index contributed by atoms with van der Waals surface area (Å²) in [7, 11) is 0.920. The molecule has 0 heterocycles. The highest BCUT2D eigenvalue weighted by Gasteiger charge is 1.96. The van der Waals surface area contributed by atoms with Crippen LogP contribution in [0.25, 0.3) is 0 Å². The van der Waals surface area contributed by atoms with Crippen molar-refractivity contribution in [2.45, 2.75) is 6.42 Å². The van der Waals surface area contributed by atoms with E-state index in [1.54, 1.807) is 0 Å². The van der Waals surface area contributed by atoms with Crippen LogP contribution in [0.1, 0.15) is 6.42 Å². The summed E-state index contributed by atoms with van der Waals surface area (Å²) in [5, 5.41) is 1.19. The van der Waals surface area contributed by atoms with Crippen molar-refractivity contribution in [2.75, 3.05) is 0 Å². The second kappa shape index (κ2) is 3.31. The molecule has 0 radical (unpaired) electrons. The van der Waals surface area contributed by atoms with Gasteiger partial charge >= 0.3 is 0 Å². The lowest BCUT2D eigenvalue weighted by Crippen LogP contribution is -1.89. The van der Waals surface area contributed by atoms with E-state index >= 15 is 0 Å². The maximum atomic E-state index is 4.94. The highest BCUT2D eigenvalue weighted by molar-refractivity contribution is 7.98. The topological polar surface area (TPSA) is 0 Å². The summed E-state index contributed by atoms with van der Waals surface area (Å²) in [6, 6.07) is 0. The van der Waals surface area contributed by atoms with Gasteiger partial charge in [0.25, 0.3) is 0 Å². The van der Waals surface area contributed by atoms with Crippen molar-refractivity contribution in [1.82, 2.24) is 0 Å². The van der Waals surface area contributed by atoms with E-state index in [9.17, 15) is 0 Å². The van der Waals surface area contributed by atoms with Crippen LogP contribution in [0.3, 0.4) is 0 Å². The maximum absolute atomic E-state index is 4.94. The number of hydrogen-bond donors (Lipinski definition) is 0. The first-order valence-corrected chi connectivity index (χ1v) is 4.89. The molecule has 0 aromatic heterocycles. The lowest BCUT2D eigenvalue weighted by atomic mass is 10.2. The quantitative estimate of drug-likeness (QED) is 0.440. The van der Waals surface area contributed by atoms with Crippen LogP contribution in [0.4, 0.5) is 0 Å². The molecular formula is C6H5PS2. The van der Waals surface area contributed by atoms with Crippen molar-refractivity contribution < 1.29 is 0 Å². The minimum atomic E-state index is 0.894. The van der Waals surface area contributed by atoms with E-state index in [0.29, 0.717) is 0 Å². The van der Waals surface area contributed by atoms with E-state index in [1.807, 2.05) is 12.2 Å². The Balaban J connectivity index is 2.73. The zero-order valence-electron chi connectivity index (χ0n) is 4.70. The Morgan fingerprint density at radius 1 is 1.44 bits per heavy atom. The maximum Gasteiger partial charge on any atom is 0.0190 e. The Bertz CT molecular complexity index is 203. The van der Waals surface area contributed by atoms with Gasteiger partial charge in [-0.1, -0.05) is 30.1 Å². The van der Waals surface area contributed by atoms with Gasteiger partial charge in [-0.3, -0.25) is 0 Å². The smallest absolute Gasteiger partial charge is 0.0190 e. The van der Waals surface area contributed by atoms with E-state index in [1.165, 1.54) is 5.31 Å².